The van der Waals surface area contributed by atoms with Crippen molar-refractivity contribution < 1.29 is 9.90 Å². The molecule has 6 aromatic rings. The molecule has 0 radical (unpaired) electrons. The van der Waals surface area contributed by atoms with Gasteiger partial charge in [-0.3, -0.25) is 0 Å². The molecule has 0 unspecified atom stereocenters. The maximum atomic E-state index is 11.6. The van der Waals surface area contributed by atoms with Gasteiger partial charge in [-0.1, -0.05) is 48.5 Å². The lowest BCUT2D eigenvalue weighted by molar-refractivity contribution is 0.0697. The van der Waals surface area contributed by atoms with Crippen LogP contribution in [0.5, 0.6) is 0 Å². The number of rotatable bonds is 2. The van der Waals surface area contributed by atoms with Crippen molar-refractivity contribution in [3.63, 3.8) is 0 Å². The number of aromatic carboxylic acids is 1. The van der Waals surface area contributed by atoms with Crippen LogP contribution in [0.2, 0.25) is 0 Å². The fraction of sp³-hybridized carbons (Fsp3) is 0. The maximum absolute atomic E-state index is 11.6. The number of imidazole rings is 1. The van der Waals surface area contributed by atoms with Gasteiger partial charge in [0.15, 0.2) is 0 Å². The molecular weight excluding hydrogens is 362 g/mol. The van der Waals surface area contributed by atoms with Crippen LogP contribution in [0.4, 0.5) is 0 Å². The molecule has 0 atom stereocenters. The minimum absolute atomic E-state index is 0.255. The van der Waals surface area contributed by atoms with Crippen LogP contribution in [0, 0.1) is 0 Å². The number of nitrogens with zero attached hydrogens (tertiary/aromatic N) is 1. The summed E-state index contributed by atoms with van der Waals surface area (Å²) in [7, 11) is 0. The van der Waals surface area contributed by atoms with Crippen LogP contribution >= 0.6 is 0 Å². The molecular formula is C24H15N3O2. The summed E-state index contributed by atoms with van der Waals surface area (Å²) in [5, 5.41) is 14.5. The first-order chi connectivity index (χ1) is 14.2. The highest BCUT2D eigenvalue weighted by atomic mass is 16.4. The largest absolute Gasteiger partial charge is 0.478 e. The predicted octanol–water partition coefficient (Wildman–Crippen LogP) is 5.72. The first-order valence-corrected chi connectivity index (χ1v) is 9.35. The van der Waals surface area contributed by atoms with E-state index in [1.807, 2.05) is 42.6 Å². The number of aromatic nitrogens is 3. The van der Waals surface area contributed by atoms with Crippen LogP contribution in [0.3, 0.4) is 0 Å². The maximum Gasteiger partial charge on any atom is 0.335 e. The Morgan fingerprint density at radius 1 is 0.828 bits per heavy atom. The van der Waals surface area contributed by atoms with E-state index >= 15 is 0 Å². The van der Waals surface area contributed by atoms with Gasteiger partial charge < -0.3 is 15.1 Å². The Kier molecular flexibility index (Phi) is 3.12. The van der Waals surface area contributed by atoms with Crippen LogP contribution in [-0.2, 0) is 0 Å². The molecule has 5 nitrogen and oxygen atoms in total. The molecule has 0 aliphatic rings. The molecule has 2 heterocycles. The summed E-state index contributed by atoms with van der Waals surface area (Å²) in [6.07, 6.45) is 1.95. The van der Waals surface area contributed by atoms with Gasteiger partial charge in [0.2, 0.25) is 0 Å². The quantitative estimate of drug-likeness (QED) is 0.338. The Morgan fingerprint density at radius 2 is 1.55 bits per heavy atom. The van der Waals surface area contributed by atoms with Crippen molar-refractivity contribution in [3.8, 4) is 11.4 Å². The van der Waals surface area contributed by atoms with Gasteiger partial charge in [0.05, 0.1) is 16.6 Å². The van der Waals surface area contributed by atoms with E-state index in [9.17, 15) is 9.90 Å². The van der Waals surface area contributed by atoms with E-state index < -0.39 is 5.97 Å². The van der Waals surface area contributed by atoms with Crippen molar-refractivity contribution in [2.45, 2.75) is 0 Å². The molecule has 0 bridgehead atoms. The second kappa shape index (κ2) is 5.69. The second-order valence-electron chi connectivity index (χ2n) is 7.17. The molecule has 5 heteroatoms. The number of carbonyl (C=O) groups is 1. The Bertz CT molecular complexity index is 1590. The number of benzene rings is 4. The summed E-state index contributed by atoms with van der Waals surface area (Å²) in [6, 6.07) is 21.5. The Morgan fingerprint density at radius 3 is 2.38 bits per heavy atom. The third-order valence-electron chi connectivity index (χ3n) is 5.56. The highest BCUT2D eigenvalue weighted by Gasteiger charge is 2.16. The molecule has 0 saturated carbocycles. The molecule has 2 aromatic heterocycles. The fourth-order valence-electron chi connectivity index (χ4n) is 4.20. The summed E-state index contributed by atoms with van der Waals surface area (Å²) in [5.74, 6) is -0.184. The number of aromatic amines is 2. The minimum atomic E-state index is -0.944. The first-order valence-electron chi connectivity index (χ1n) is 9.35. The van der Waals surface area contributed by atoms with Gasteiger partial charge in [-0.15, -0.1) is 0 Å². The summed E-state index contributed by atoms with van der Waals surface area (Å²) in [4.78, 5) is 23.3. The molecule has 0 saturated heterocycles. The van der Waals surface area contributed by atoms with Gasteiger partial charge in [-0.2, -0.15) is 0 Å². The predicted molar refractivity (Wildman–Crippen MR) is 115 cm³/mol. The molecule has 0 aliphatic heterocycles. The van der Waals surface area contributed by atoms with E-state index in [1.54, 1.807) is 12.1 Å². The summed E-state index contributed by atoms with van der Waals surface area (Å²) in [6.45, 7) is 0. The van der Waals surface area contributed by atoms with Crippen molar-refractivity contribution in [3.05, 3.63) is 78.5 Å². The third-order valence-corrected chi connectivity index (χ3v) is 5.56. The zero-order chi connectivity index (χ0) is 19.5. The second-order valence-corrected chi connectivity index (χ2v) is 7.17. The van der Waals surface area contributed by atoms with E-state index in [0.717, 1.165) is 54.9 Å². The Balaban J connectivity index is 1.76. The van der Waals surface area contributed by atoms with E-state index in [0.29, 0.717) is 0 Å². The Hall–Kier alpha value is -4.12. The van der Waals surface area contributed by atoms with E-state index in [4.69, 9.17) is 4.98 Å². The van der Waals surface area contributed by atoms with Gasteiger partial charge in [-0.05, 0) is 29.0 Å². The molecule has 29 heavy (non-hydrogen) atoms. The normalized spacial score (nSPS) is 11.7. The lowest BCUT2D eigenvalue weighted by Crippen LogP contribution is -1.95. The monoisotopic (exact) mass is 377 g/mol. The smallest absolute Gasteiger partial charge is 0.335 e. The number of para-hydroxylation sites is 1. The number of carboxylic acid groups (broad SMARTS) is 1. The Labute approximate surface area is 164 Å². The number of hydrogen-bond donors (Lipinski definition) is 3. The summed E-state index contributed by atoms with van der Waals surface area (Å²) in [5.41, 5.74) is 3.98. The standard InChI is InChI=1S/C24H15N3O2/c28-24(29)13-9-10-15-14-5-1-2-7-17(14)21-22(18(15)11-13)27-23(26-21)19-12-25-20-8-4-3-6-16(19)20/h1-12,25H,(H,26,27)(H,28,29). The van der Waals surface area contributed by atoms with E-state index in [1.165, 1.54) is 0 Å². The molecule has 6 rings (SSSR count). The highest BCUT2D eigenvalue weighted by Crippen LogP contribution is 2.36. The molecule has 0 aliphatic carbocycles. The fourth-order valence-corrected chi connectivity index (χ4v) is 4.20. The van der Waals surface area contributed by atoms with Crippen molar-refractivity contribution >= 4 is 49.5 Å². The van der Waals surface area contributed by atoms with Crippen molar-refractivity contribution in [2.24, 2.45) is 0 Å². The zero-order valence-corrected chi connectivity index (χ0v) is 15.2. The van der Waals surface area contributed by atoms with Crippen LogP contribution in [0.25, 0.3) is 54.9 Å². The van der Waals surface area contributed by atoms with Gasteiger partial charge in [-0.25, -0.2) is 9.78 Å². The zero-order valence-electron chi connectivity index (χ0n) is 15.2. The summed E-state index contributed by atoms with van der Waals surface area (Å²) >= 11 is 0. The summed E-state index contributed by atoms with van der Waals surface area (Å²) < 4.78 is 0. The topological polar surface area (TPSA) is 81.8 Å². The molecule has 0 fully saturated rings. The van der Waals surface area contributed by atoms with Gasteiger partial charge in [0.25, 0.3) is 0 Å². The van der Waals surface area contributed by atoms with E-state index in [2.05, 4.69) is 28.2 Å². The lowest BCUT2D eigenvalue weighted by atomic mass is 9.98. The molecule has 0 spiro atoms. The SMILES string of the molecule is O=C(O)c1ccc2c3ccccc3c3[nH]c(-c4c[nH]c5ccccc45)nc3c2c1. The number of carboxylic acids is 1. The average Bonchev–Trinajstić information content (AvgIpc) is 3.38. The van der Waals surface area contributed by atoms with Crippen LogP contribution < -0.4 is 0 Å². The van der Waals surface area contributed by atoms with Gasteiger partial charge >= 0.3 is 5.97 Å². The number of fused-ring (bicyclic) bond motifs is 7. The van der Waals surface area contributed by atoms with E-state index in [-0.39, 0.29) is 5.56 Å². The number of nitrogens with one attached hydrogen (secondary N) is 2. The molecule has 138 valence electrons. The first kappa shape index (κ1) is 15.9. The van der Waals surface area contributed by atoms with Gasteiger partial charge in [0, 0.05) is 33.4 Å². The number of hydrogen-bond acceptors (Lipinski definition) is 2. The molecule has 4 aromatic carbocycles. The van der Waals surface area contributed by atoms with Gasteiger partial charge in [0.1, 0.15) is 5.82 Å². The molecule has 3 N–H and O–H groups in total. The third kappa shape index (κ3) is 2.21. The highest BCUT2D eigenvalue weighted by molar-refractivity contribution is 6.24. The van der Waals surface area contributed by atoms with Crippen LogP contribution in [0.1, 0.15) is 10.4 Å². The van der Waals surface area contributed by atoms with Crippen LogP contribution in [0.15, 0.2) is 72.9 Å². The minimum Gasteiger partial charge on any atom is -0.478 e. The molecule has 0 amide bonds. The van der Waals surface area contributed by atoms with Crippen molar-refractivity contribution in [2.75, 3.05) is 0 Å². The van der Waals surface area contributed by atoms with Crippen LogP contribution in [-0.4, -0.2) is 26.0 Å². The number of H-pyrrole nitrogens is 2. The lowest BCUT2D eigenvalue weighted by Gasteiger charge is -2.06. The average molecular weight is 377 g/mol. The van der Waals surface area contributed by atoms with Crippen molar-refractivity contribution in [1.29, 1.82) is 0 Å². The van der Waals surface area contributed by atoms with Crippen molar-refractivity contribution in [1.82, 2.24) is 15.0 Å².